The fraction of sp³-hybridized carbons (Fsp3) is 0.167. The van der Waals surface area contributed by atoms with Gasteiger partial charge in [-0.3, -0.25) is 9.59 Å². The van der Waals surface area contributed by atoms with Gasteiger partial charge in [0.2, 0.25) is 0 Å². The number of nitrogens with zero attached hydrogens (tertiary/aromatic N) is 1. The Morgan fingerprint density at radius 1 is 1.04 bits per heavy atom. The number of carbonyl (C=O) groups excluding carboxylic acids is 2. The van der Waals surface area contributed by atoms with Gasteiger partial charge in [0.15, 0.2) is 0 Å². The molecule has 2 N–H and O–H groups in total. The minimum absolute atomic E-state index is 0.353. The van der Waals surface area contributed by atoms with Gasteiger partial charge in [-0.1, -0.05) is 12.1 Å². The molecule has 2 rings (SSSR count). The summed E-state index contributed by atoms with van der Waals surface area (Å²) in [5.41, 5.74) is 1.98. The van der Waals surface area contributed by atoms with Crippen molar-refractivity contribution in [3.63, 3.8) is 0 Å². The first-order valence-corrected chi connectivity index (χ1v) is 7.34. The Kier molecular flexibility index (Phi) is 5.92. The number of benzene rings is 2. The zero-order valence-electron chi connectivity index (χ0n) is 13.2. The number of ether oxygens (including phenoxy) is 1. The first kappa shape index (κ1) is 17.0. The van der Waals surface area contributed by atoms with Crippen molar-refractivity contribution in [2.24, 2.45) is 0 Å². The van der Waals surface area contributed by atoms with Crippen molar-refractivity contribution < 1.29 is 14.3 Å². The zero-order chi connectivity index (χ0) is 17.4. The summed E-state index contributed by atoms with van der Waals surface area (Å²) in [6.45, 7) is 0.353. The largest absolute Gasteiger partial charge is 0.497 e. The predicted molar refractivity (Wildman–Crippen MR) is 89.5 cm³/mol. The summed E-state index contributed by atoms with van der Waals surface area (Å²) in [5, 5.41) is 13.8. The first-order chi connectivity index (χ1) is 11.6. The van der Waals surface area contributed by atoms with Crippen LogP contribution in [0.3, 0.4) is 0 Å². The van der Waals surface area contributed by atoms with Crippen LogP contribution in [0, 0.1) is 11.3 Å². The Balaban J connectivity index is 1.78. The number of carbonyl (C=O) groups is 2. The van der Waals surface area contributed by atoms with E-state index in [0.717, 1.165) is 11.3 Å². The molecular weight excluding hydrogens is 306 g/mol. The zero-order valence-corrected chi connectivity index (χ0v) is 13.2. The summed E-state index contributed by atoms with van der Waals surface area (Å²) in [7, 11) is 1.60. The summed E-state index contributed by atoms with van der Waals surface area (Å²) < 4.78 is 5.07. The molecule has 6 nitrogen and oxygen atoms in total. The van der Waals surface area contributed by atoms with Gasteiger partial charge in [-0.2, -0.15) is 5.26 Å². The fourth-order valence-corrected chi connectivity index (χ4v) is 2.01. The van der Waals surface area contributed by atoms with E-state index in [9.17, 15) is 9.59 Å². The Bertz CT molecular complexity index is 747. The summed E-state index contributed by atoms with van der Waals surface area (Å²) in [6, 6.07) is 15.7. The Morgan fingerprint density at radius 2 is 1.71 bits per heavy atom. The molecule has 0 bridgehead atoms. The van der Waals surface area contributed by atoms with E-state index in [2.05, 4.69) is 10.6 Å². The molecule has 0 saturated carbocycles. The Hall–Kier alpha value is -3.33. The number of rotatable bonds is 5. The van der Waals surface area contributed by atoms with Crippen LogP contribution in [0.1, 0.15) is 11.1 Å². The third-order valence-corrected chi connectivity index (χ3v) is 3.34. The number of nitrogens with one attached hydrogen (secondary N) is 2. The molecule has 0 spiro atoms. The van der Waals surface area contributed by atoms with Crippen LogP contribution < -0.4 is 15.4 Å². The molecule has 6 heteroatoms. The molecule has 2 aromatic rings. The quantitative estimate of drug-likeness (QED) is 0.822. The second-order valence-electron chi connectivity index (χ2n) is 5.00. The van der Waals surface area contributed by atoms with E-state index in [0.29, 0.717) is 24.2 Å². The lowest BCUT2D eigenvalue weighted by Gasteiger charge is -2.07. The second-order valence-corrected chi connectivity index (χ2v) is 5.00. The summed E-state index contributed by atoms with van der Waals surface area (Å²) >= 11 is 0. The van der Waals surface area contributed by atoms with Gasteiger partial charge in [0.1, 0.15) is 5.75 Å². The number of anilines is 1. The van der Waals surface area contributed by atoms with Crippen molar-refractivity contribution in [3.8, 4) is 11.8 Å². The topological polar surface area (TPSA) is 91.2 Å². The maximum absolute atomic E-state index is 11.8. The standard InChI is InChI=1S/C18H17N3O3/c1-24-16-8-4-13(5-9-16)10-11-20-17(22)18(23)21-15-6-2-14(12-19)3-7-15/h2-9H,10-11H2,1H3,(H,20,22)(H,21,23). The average Bonchev–Trinajstić information content (AvgIpc) is 2.62. The van der Waals surface area contributed by atoms with Crippen molar-refractivity contribution in [3.05, 3.63) is 59.7 Å². The van der Waals surface area contributed by atoms with E-state index < -0.39 is 11.8 Å². The molecule has 0 aliphatic carbocycles. The van der Waals surface area contributed by atoms with Gasteiger partial charge in [-0.15, -0.1) is 0 Å². The summed E-state index contributed by atoms with van der Waals surface area (Å²) in [4.78, 5) is 23.6. The van der Waals surface area contributed by atoms with Crippen LogP contribution >= 0.6 is 0 Å². The highest BCUT2D eigenvalue weighted by molar-refractivity contribution is 6.39. The molecule has 0 aliphatic heterocycles. The Morgan fingerprint density at radius 3 is 2.29 bits per heavy atom. The van der Waals surface area contributed by atoms with Gasteiger partial charge in [0.05, 0.1) is 18.7 Å². The molecule has 2 aromatic carbocycles. The van der Waals surface area contributed by atoms with Gasteiger partial charge < -0.3 is 15.4 Å². The molecule has 0 fully saturated rings. The van der Waals surface area contributed by atoms with Crippen molar-refractivity contribution in [1.82, 2.24) is 5.32 Å². The van der Waals surface area contributed by atoms with Crippen LogP contribution in [-0.4, -0.2) is 25.5 Å². The van der Waals surface area contributed by atoms with Crippen LogP contribution in [0.4, 0.5) is 5.69 Å². The van der Waals surface area contributed by atoms with Crippen molar-refractivity contribution in [2.45, 2.75) is 6.42 Å². The molecule has 0 saturated heterocycles. The van der Waals surface area contributed by atoms with Crippen LogP contribution in [0.5, 0.6) is 5.75 Å². The number of hydrogen-bond acceptors (Lipinski definition) is 4. The Labute approximate surface area is 140 Å². The average molecular weight is 323 g/mol. The predicted octanol–water partition coefficient (Wildman–Crippen LogP) is 1.86. The van der Waals surface area contributed by atoms with E-state index in [1.165, 1.54) is 0 Å². The van der Waals surface area contributed by atoms with E-state index in [4.69, 9.17) is 10.00 Å². The highest BCUT2D eigenvalue weighted by Gasteiger charge is 2.13. The van der Waals surface area contributed by atoms with Gasteiger partial charge in [-0.25, -0.2) is 0 Å². The molecule has 2 amide bonds. The number of methoxy groups -OCH3 is 1. The first-order valence-electron chi connectivity index (χ1n) is 7.34. The molecule has 0 aromatic heterocycles. The number of nitriles is 1. The van der Waals surface area contributed by atoms with Gasteiger partial charge >= 0.3 is 11.8 Å². The van der Waals surface area contributed by atoms with E-state index in [1.54, 1.807) is 31.4 Å². The van der Waals surface area contributed by atoms with E-state index in [1.807, 2.05) is 30.3 Å². The SMILES string of the molecule is COc1ccc(CCNC(=O)C(=O)Nc2ccc(C#N)cc2)cc1. The van der Waals surface area contributed by atoms with Crippen molar-refractivity contribution in [2.75, 3.05) is 19.0 Å². The maximum atomic E-state index is 11.8. The molecule has 0 atom stereocenters. The number of hydrogen-bond donors (Lipinski definition) is 2. The van der Waals surface area contributed by atoms with Crippen molar-refractivity contribution in [1.29, 1.82) is 5.26 Å². The molecule has 24 heavy (non-hydrogen) atoms. The van der Waals surface area contributed by atoms with E-state index >= 15 is 0 Å². The molecule has 0 radical (unpaired) electrons. The highest BCUT2D eigenvalue weighted by Crippen LogP contribution is 2.11. The summed E-state index contributed by atoms with van der Waals surface area (Å²) in [6.07, 6.45) is 0.611. The highest BCUT2D eigenvalue weighted by atomic mass is 16.5. The van der Waals surface area contributed by atoms with Crippen molar-refractivity contribution >= 4 is 17.5 Å². The van der Waals surface area contributed by atoms with Gasteiger partial charge in [-0.05, 0) is 48.4 Å². The second kappa shape index (κ2) is 8.34. The molecule has 0 unspecified atom stereocenters. The van der Waals surface area contributed by atoms with Gasteiger partial charge in [0, 0.05) is 12.2 Å². The van der Waals surface area contributed by atoms with Gasteiger partial charge in [0.25, 0.3) is 0 Å². The normalized spacial score (nSPS) is 9.67. The third-order valence-electron chi connectivity index (χ3n) is 3.34. The summed E-state index contributed by atoms with van der Waals surface area (Å²) in [5.74, 6) is -0.674. The molecule has 0 aliphatic rings. The molecular formula is C18H17N3O3. The minimum atomic E-state index is -0.741. The fourth-order valence-electron chi connectivity index (χ4n) is 2.01. The lowest BCUT2D eigenvalue weighted by Crippen LogP contribution is -2.36. The monoisotopic (exact) mass is 323 g/mol. The lowest BCUT2D eigenvalue weighted by atomic mass is 10.1. The molecule has 122 valence electrons. The minimum Gasteiger partial charge on any atom is -0.497 e. The van der Waals surface area contributed by atoms with Crippen LogP contribution in [0.2, 0.25) is 0 Å². The smallest absolute Gasteiger partial charge is 0.313 e. The third kappa shape index (κ3) is 4.85. The van der Waals surface area contributed by atoms with Crippen LogP contribution in [0.15, 0.2) is 48.5 Å². The lowest BCUT2D eigenvalue weighted by molar-refractivity contribution is -0.136. The number of amides is 2. The van der Waals surface area contributed by atoms with E-state index in [-0.39, 0.29) is 0 Å². The van der Waals surface area contributed by atoms with Crippen LogP contribution in [0.25, 0.3) is 0 Å². The molecule has 0 heterocycles. The maximum Gasteiger partial charge on any atom is 0.313 e. The van der Waals surface area contributed by atoms with Crippen LogP contribution in [-0.2, 0) is 16.0 Å².